The molecule has 3 rings (SSSR count). The minimum atomic E-state index is -0.368. The smallest absolute Gasteiger partial charge is 0.256 e. The summed E-state index contributed by atoms with van der Waals surface area (Å²) < 4.78 is 1.95. The molecule has 0 aliphatic carbocycles. The average molecular weight is 398 g/mol. The molecule has 6 heteroatoms. The summed E-state index contributed by atoms with van der Waals surface area (Å²) in [7, 11) is 0. The standard InChI is InChI=1S/C22H24ClN3O2/c23-17-9-10-18-20(14-17)26(13-4-8-16-6-2-1-3-7-16)15-19(21(18)27)22(28)25-12-5-11-24/h1-3,6-7,9-10,14-15H,4-5,8,11-13,24H2,(H,25,28). The monoisotopic (exact) mass is 397 g/mol. The number of amides is 1. The molecule has 0 aliphatic heterocycles. The van der Waals surface area contributed by atoms with Crippen LogP contribution in [0.2, 0.25) is 5.02 Å². The van der Waals surface area contributed by atoms with E-state index in [9.17, 15) is 9.59 Å². The van der Waals surface area contributed by atoms with Crippen LogP contribution in [0.5, 0.6) is 0 Å². The third-order valence-electron chi connectivity index (χ3n) is 4.66. The molecule has 0 atom stereocenters. The highest BCUT2D eigenvalue weighted by atomic mass is 35.5. The van der Waals surface area contributed by atoms with Crippen molar-refractivity contribution < 1.29 is 4.79 Å². The second kappa shape index (κ2) is 9.53. The Morgan fingerprint density at radius 2 is 1.89 bits per heavy atom. The van der Waals surface area contributed by atoms with E-state index in [4.69, 9.17) is 17.3 Å². The van der Waals surface area contributed by atoms with Crippen LogP contribution in [0.1, 0.15) is 28.8 Å². The molecule has 0 bridgehead atoms. The highest BCUT2D eigenvalue weighted by molar-refractivity contribution is 6.31. The molecule has 0 saturated heterocycles. The van der Waals surface area contributed by atoms with Crippen LogP contribution < -0.4 is 16.5 Å². The van der Waals surface area contributed by atoms with Crippen LogP contribution in [0, 0.1) is 0 Å². The van der Waals surface area contributed by atoms with Crippen molar-refractivity contribution in [3.05, 3.63) is 81.1 Å². The number of halogens is 1. The van der Waals surface area contributed by atoms with E-state index in [1.807, 2.05) is 22.8 Å². The first-order valence-corrected chi connectivity index (χ1v) is 9.83. The first kappa shape index (κ1) is 20.1. The van der Waals surface area contributed by atoms with E-state index in [0.29, 0.717) is 36.5 Å². The molecule has 146 valence electrons. The highest BCUT2D eigenvalue weighted by Gasteiger charge is 2.15. The second-order valence-electron chi connectivity index (χ2n) is 6.71. The number of nitrogens with one attached hydrogen (secondary N) is 1. The molecule has 5 nitrogen and oxygen atoms in total. The number of pyridine rings is 1. The van der Waals surface area contributed by atoms with Gasteiger partial charge in [-0.3, -0.25) is 9.59 Å². The topological polar surface area (TPSA) is 77.1 Å². The quantitative estimate of drug-likeness (QED) is 0.572. The van der Waals surface area contributed by atoms with Gasteiger partial charge in [0.05, 0.1) is 5.52 Å². The summed E-state index contributed by atoms with van der Waals surface area (Å²) >= 11 is 6.15. The molecule has 3 N–H and O–H groups in total. The van der Waals surface area contributed by atoms with Crippen molar-refractivity contribution in [2.45, 2.75) is 25.8 Å². The van der Waals surface area contributed by atoms with Crippen molar-refractivity contribution in [2.75, 3.05) is 13.1 Å². The maximum Gasteiger partial charge on any atom is 0.256 e. The SMILES string of the molecule is NCCCNC(=O)c1cn(CCCc2ccccc2)c2cc(Cl)ccc2c1=O. The van der Waals surface area contributed by atoms with Crippen LogP contribution >= 0.6 is 11.6 Å². The first-order chi connectivity index (χ1) is 13.6. The Kier molecular flexibility index (Phi) is 6.85. The molecule has 2 aromatic carbocycles. The van der Waals surface area contributed by atoms with Gasteiger partial charge >= 0.3 is 0 Å². The average Bonchev–Trinajstić information content (AvgIpc) is 2.70. The van der Waals surface area contributed by atoms with Gasteiger partial charge in [-0.05, 0) is 49.6 Å². The van der Waals surface area contributed by atoms with Crippen molar-refractivity contribution in [3.8, 4) is 0 Å². The van der Waals surface area contributed by atoms with Crippen LogP contribution in [0.4, 0.5) is 0 Å². The molecule has 0 fully saturated rings. The van der Waals surface area contributed by atoms with Gasteiger partial charge in [-0.15, -0.1) is 0 Å². The lowest BCUT2D eigenvalue weighted by Gasteiger charge is -2.14. The van der Waals surface area contributed by atoms with E-state index in [-0.39, 0.29) is 16.9 Å². The second-order valence-corrected chi connectivity index (χ2v) is 7.15. The molecule has 0 unspecified atom stereocenters. The molecule has 0 aliphatic rings. The van der Waals surface area contributed by atoms with Gasteiger partial charge in [0, 0.05) is 29.7 Å². The number of benzene rings is 2. The number of rotatable bonds is 8. The summed E-state index contributed by atoms with van der Waals surface area (Å²) in [5.41, 5.74) is 7.33. The number of aromatic nitrogens is 1. The van der Waals surface area contributed by atoms with Crippen LogP contribution in [0.15, 0.2) is 59.5 Å². The summed E-state index contributed by atoms with van der Waals surface area (Å²) in [5.74, 6) is -0.368. The van der Waals surface area contributed by atoms with E-state index in [1.54, 1.807) is 24.4 Å². The fourth-order valence-corrected chi connectivity index (χ4v) is 3.37. The van der Waals surface area contributed by atoms with E-state index in [1.165, 1.54) is 5.56 Å². The van der Waals surface area contributed by atoms with Crippen LogP contribution in [0.3, 0.4) is 0 Å². The number of carbonyl (C=O) groups is 1. The largest absolute Gasteiger partial charge is 0.352 e. The normalized spacial score (nSPS) is 10.9. The van der Waals surface area contributed by atoms with Crippen molar-refractivity contribution >= 4 is 28.4 Å². The zero-order valence-electron chi connectivity index (χ0n) is 15.7. The van der Waals surface area contributed by atoms with Gasteiger partial charge in [0.15, 0.2) is 0 Å². The van der Waals surface area contributed by atoms with Crippen LogP contribution in [-0.2, 0) is 13.0 Å². The Morgan fingerprint density at radius 3 is 2.64 bits per heavy atom. The molecule has 1 aromatic heterocycles. The predicted octanol–water partition coefficient (Wildman–Crippen LogP) is 3.37. The Bertz CT molecular complexity index is 1020. The third kappa shape index (κ3) is 4.80. The number of hydrogen-bond acceptors (Lipinski definition) is 3. The summed E-state index contributed by atoms with van der Waals surface area (Å²) in [4.78, 5) is 25.3. The van der Waals surface area contributed by atoms with E-state index < -0.39 is 0 Å². The van der Waals surface area contributed by atoms with Crippen LogP contribution in [0.25, 0.3) is 10.9 Å². The summed E-state index contributed by atoms with van der Waals surface area (Å²) in [6, 6.07) is 15.4. The summed E-state index contributed by atoms with van der Waals surface area (Å²) in [6.45, 7) is 1.61. The molecule has 28 heavy (non-hydrogen) atoms. The maximum absolute atomic E-state index is 12.8. The lowest BCUT2D eigenvalue weighted by atomic mass is 10.1. The lowest BCUT2D eigenvalue weighted by Crippen LogP contribution is -2.31. The Morgan fingerprint density at radius 1 is 1.11 bits per heavy atom. The molecule has 0 radical (unpaired) electrons. The Labute approximate surface area is 169 Å². The Balaban J connectivity index is 1.90. The van der Waals surface area contributed by atoms with Gasteiger partial charge in [-0.2, -0.15) is 0 Å². The highest BCUT2D eigenvalue weighted by Crippen LogP contribution is 2.19. The van der Waals surface area contributed by atoms with Gasteiger partial charge in [0.25, 0.3) is 5.91 Å². The molecule has 0 spiro atoms. The van der Waals surface area contributed by atoms with Crippen LogP contribution in [-0.4, -0.2) is 23.6 Å². The lowest BCUT2D eigenvalue weighted by molar-refractivity contribution is 0.0952. The fraction of sp³-hybridized carbons (Fsp3) is 0.273. The minimum Gasteiger partial charge on any atom is -0.352 e. The van der Waals surface area contributed by atoms with Crippen molar-refractivity contribution in [2.24, 2.45) is 5.73 Å². The zero-order valence-corrected chi connectivity index (χ0v) is 16.4. The van der Waals surface area contributed by atoms with Gasteiger partial charge in [0.2, 0.25) is 5.43 Å². The van der Waals surface area contributed by atoms with Gasteiger partial charge < -0.3 is 15.6 Å². The third-order valence-corrected chi connectivity index (χ3v) is 4.90. The van der Waals surface area contributed by atoms with Crippen molar-refractivity contribution in [1.82, 2.24) is 9.88 Å². The number of fused-ring (bicyclic) bond motifs is 1. The molecule has 3 aromatic rings. The van der Waals surface area contributed by atoms with Gasteiger partial charge in [0.1, 0.15) is 5.56 Å². The first-order valence-electron chi connectivity index (χ1n) is 9.45. The molecule has 0 saturated carbocycles. The molecular formula is C22H24ClN3O2. The van der Waals surface area contributed by atoms with E-state index in [2.05, 4.69) is 17.4 Å². The maximum atomic E-state index is 12.8. The minimum absolute atomic E-state index is 0.145. The number of hydrogen-bond donors (Lipinski definition) is 2. The van der Waals surface area contributed by atoms with Crippen molar-refractivity contribution in [3.63, 3.8) is 0 Å². The number of nitrogens with zero attached hydrogens (tertiary/aromatic N) is 1. The van der Waals surface area contributed by atoms with E-state index in [0.717, 1.165) is 18.4 Å². The number of nitrogens with two attached hydrogens (primary N) is 1. The summed E-state index contributed by atoms with van der Waals surface area (Å²) in [6.07, 6.45) is 4.10. The molecular weight excluding hydrogens is 374 g/mol. The molecule has 1 heterocycles. The fourth-order valence-electron chi connectivity index (χ4n) is 3.21. The van der Waals surface area contributed by atoms with Gasteiger partial charge in [-0.1, -0.05) is 41.9 Å². The van der Waals surface area contributed by atoms with Gasteiger partial charge in [-0.25, -0.2) is 0 Å². The predicted molar refractivity (Wildman–Crippen MR) is 114 cm³/mol. The van der Waals surface area contributed by atoms with Crippen molar-refractivity contribution in [1.29, 1.82) is 0 Å². The summed E-state index contributed by atoms with van der Waals surface area (Å²) in [5, 5.41) is 3.82. The number of aryl methyl sites for hydroxylation is 2. The number of carbonyl (C=O) groups excluding carboxylic acids is 1. The van der Waals surface area contributed by atoms with E-state index >= 15 is 0 Å². The molecule has 1 amide bonds. The zero-order chi connectivity index (χ0) is 19.9. The Hall–Kier alpha value is -2.63.